The maximum Gasteiger partial charge on any atom is 0.418 e. The molecule has 0 radical (unpaired) electrons. The van der Waals surface area contributed by atoms with Crippen molar-refractivity contribution in [1.29, 1.82) is 5.26 Å². The highest BCUT2D eigenvalue weighted by Gasteiger charge is 2.36. The lowest BCUT2D eigenvalue weighted by molar-refractivity contribution is -0.137. The molecule has 1 saturated heterocycles. The van der Waals surface area contributed by atoms with Crippen molar-refractivity contribution >= 4 is 11.6 Å². The van der Waals surface area contributed by atoms with Gasteiger partial charge in [-0.2, -0.15) is 18.4 Å². The second kappa shape index (κ2) is 6.26. The van der Waals surface area contributed by atoms with Crippen LogP contribution < -0.4 is 10.2 Å². The molecule has 22 heavy (non-hydrogen) atoms. The average molecular weight is 311 g/mol. The van der Waals surface area contributed by atoms with Crippen LogP contribution in [0.25, 0.3) is 0 Å². The van der Waals surface area contributed by atoms with Gasteiger partial charge >= 0.3 is 6.18 Å². The molecule has 0 aromatic heterocycles. The largest absolute Gasteiger partial charge is 0.418 e. The van der Waals surface area contributed by atoms with Crippen LogP contribution >= 0.6 is 0 Å². The Morgan fingerprint density at radius 3 is 2.77 bits per heavy atom. The average Bonchev–Trinajstić information content (AvgIpc) is 2.45. The molecule has 1 aliphatic rings. The molecule has 0 saturated carbocycles. The minimum absolute atomic E-state index is 0.0218. The summed E-state index contributed by atoms with van der Waals surface area (Å²) in [5.41, 5.74) is -0.775. The van der Waals surface area contributed by atoms with E-state index in [0.717, 1.165) is 12.5 Å². The second-order valence-electron chi connectivity index (χ2n) is 5.33. The predicted octanol–water partition coefficient (Wildman–Crippen LogP) is 2.68. The van der Waals surface area contributed by atoms with E-state index < -0.39 is 11.7 Å². The summed E-state index contributed by atoms with van der Waals surface area (Å²) in [4.78, 5) is 12.7. The Labute approximate surface area is 126 Å². The Balaban J connectivity index is 2.31. The Kier molecular flexibility index (Phi) is 4.59. The predicted molar refractivity (Wildman–Crippen MR) is 75.2 cm³/mol. The molecule has 1 heterocycles. The molecule has 1 atom stereocenters. The third-order valence-electron chi connectivity index (χ3n) is 3.60. The lowest BCUT2D eigenvalue weighted by Gasteiger charge is -2.36. The molecule has 1 fully saturated rings. The van der Waals surface area contributed by atoms with Gasteiger partial charge in [0.1, 0.15) is 0 Å². The third kappa shape index (κ3) is 3.70. The number of piperidine rings is 1. The maximum atomic E-state index is 13.2. The summed E-state index contributed by atoms with van der Waals surface area (Å²) in [6.45, 7) is 2.21. The van der Waals surface area contributed by atoms with E-state index >= 15 is 0 Å². The van der Waals surface area contributed by atoms with Crippen molar-refractivity contribution in [3.8, 4) is 6.07 Å². The van der Waals surface area contributed by atoms with Crippen molar-refractivity contribution in [1.82, 2.24) is 5.32 Å². The van der Waals surface area contributed by atoms with Gasteiger partial charge in [0.05, 0.1) is 17.2 Å². The summed E-state index contributed by atoms with van der Waals surface area (Å²) in [6, 6.07) is 5.15. The van der Waals surface area contributed by atoms with Crippen LogP contribution in [0.15, 0.2) is 18.2 Å². The number of hydrogen-bond acceptors (Lipinski definition) is 3. The fourth-order valence-electron chi connectivity index (χ4n) is 2.71. The van der Waals surface area contributed by atoms with Crippen molar-refractivity contribution in [2.24, 2.45) is 0 Å². The molecule has 4 nitrogen and oxygen atoms in total. The fraction of sp³-hybridized carbons (Fsp3) is 0.467. The Hall–Kier alpha value is -2.23. The molecule has 0 aliphatic carbocycles. The molecule has 1 amide bonds. The summed E-state index contributed by atoms with van der Waals surface area (Å²) in [6.07, 6.45) is -3.08. The number of carbonyl (C=O) groups is 1. The number of carbonyl (C=O) groups excluding carboxylic acids is 1. The zero-order valence-corrected chi connectivity index (χ0v) is 12.1. The maximum absolute atomic E-state index is 13.2. The standard InChI is InChI=1S/C15H16F3N3O/c1-10(22)20-12-3-2-6-21(9-12)14-5-4-11(8-19)7-13(14)15(16,17)18/h4-5,7,12H,2-3,6,9H2,1H3,(H,20,22)/t12-/m0/s1. The van der Waals surface area contributed by atoms with E-state index in [4.69, 9.17) is 5.26 Å². The van der Waals surface area contributed by atoms with Crippen molar-refractivity contribution in [2.45, 2.75) is 32.0 Å². The van der Waals surface area contributed by atoms with Gasteiger partial charge in [-0.15, -0.1) is 0 Å². The SMILES string of the molecule is CC(=O)N[C@H]1CCCN(c2ccc(C#N)cc2C(F)(F)F)C1. The number of halogens is 3. The molecule has 1 aliphatic heterocycles. The monoisotopic (exact) mass is 311 g/mol. The number of nitrogens with one attached hydrogen (secondary N) is 1. The van der Waals surface area contributed by atoms with Crippen molar-refractivity contribution in [3.63, 3.8) is 0 Å². The van der Waals surface area contributed by atoms with Crippen LogP contribution in [0.2, 0.25) is 0 Å². The number of benzene rings is 1. The smallest absolute Gasteiger partial charge is 0.369 e. The quantitative estimate of drug-likeness (QED) is 0.913. The first-order valence-corrected chi connectivity index (χ1v) is 6.94. The zero-order chi connectivity index (χ0) is 16.3. The lowest BCUT2D eigenvalue weighted by Crippen LogP contribution is -2.47. The molecule has 0 unspecified atom stereocenters. The molecule has 118 valence electrons. The summed E-state index contributed by atoms with van der Waals surface area (Å²) in [7, 11) is 0. The van der Waals surface area contributed by atoms with Crippen molar-refractivity contribution < 1.29 is 18.0 Å². The topological polar surface area (TPSA) is 56.1 Å². The van der Waals surface area contributed by atoms with Crippen molar-refractivity contribution in [2.75, 3.05) is 18.0 Å². The van der Waals surface area contributed by atoms with Crippen LogP contribution in [0.3, 0.4) is 0 Å². The summed E-state index contributed by atoms with van der Waals surface area (Å²) in [5.74, 6) is -0.192. The van der Waals surface area contributed by atoms with E-state index in [1.54, 1.807) is 11.0 Å². The zero-order valence-electron chi connectivity index (χ0n) is 12.1. The molecule has 1 aromatic carbocycles. The molecule has 0 spiro atoms. The number of anilines is 1. The molecule has 1 aromatic rings. The molecule has 1 N–H and O–H groups in total. The number of nitriles is 1. The number of nitrogens with zero attached hydrogens (tertiary/aromatic N) is 2. The highest BCUT2D eigenvalue weighted by molar-refractivity contribution is 5.73. The van der Waals surface area contributed by atoms with E-state index in [1.807, 2.05) is 0 Å². The van der Waals surface area contributed by atoms with E-state index in [-0.39, 0.29) is 23.2 Å². The van der Waals surface area contributed by atoms with Crippen LogP contribution in [0, 0.1) is 11.3 Å². The van der Waals surface area contributed by atoms with Gasteiger partial charge in [0.25, 0.3) is 0 Å². The first-order valence-electron chi connectivity index (χ1n) is 6.94. The first kappa shape index (κ1) is 16.1. The number of amides is 1. The van der Waals surface area contributed by atoms with Crippen LogP contribution in [-0.4, -0.2) is 25.0 Å². The summed E-state index contributed by atoms with van der Waals surface area (Å²) >= 11 is 0. The van der Waals surface area contributed by atoms with E-state index in [1.165, 1.54) is 19.1 Å². The third-order valence-corrected chi connectivity index (χ3v) is 3.60. The van der Waals surface area contributed by atoms with Gasteiger partial charge in [-0.05, 0) is 31.0 Å². The Morgan fingerprint density at radius 2 is 2.18 bits per heavy atom. The van der Waals surface area contributed by atoms with Gasteiger partial charge in [0.15, 0.2) is 0 Å². The number of alkyl halides is 3. The number of rotatable bonds is 2. The molecule has 0 bridgehead atoms. The molecular weight excluding hydrogens is 295 g/mol. The minimum Gasteiger partial charge on any atom is -0.369 e. The van der Waals surface area contributed by atoms with Crippen LogP contribution in [0.5, 0.6) is 0 Å². The highest BCUT2D eigenvalue weighted by Crippen LogP contribution is 2.38. The Morgan fingerprint density at radius 1 is 1.45 bits per heavy atom. The van der Waals surface area contributed by atoms with Gasteiger partial charge in [-0.25, -0.2) is 0 Å². The minimum atomic E-state index is -4.52. The van der Waals surface area contributed by atoms with Crippen molar-refractivity contribution in [3.05, 3.63) is 29.3 Å². The highest BCUT2D eigenvalue weighted by atomic mass is 19.4. The molecule has 7 heteroatoms. The van der Waals surface area contributed by atoms with Gasteiger partial charge in [0, 0.05) is 31.7 Å². The first-order chi connectivity index (χ1) is 10.3. The van der Waals surface area contributed by atoms with Gasteiger partial charge in [-0.3, -0.25) is 4.79 Å². The fourth-order valence-corrected chi connectivity index (χ4v) is 2.71. The molecule has 2 rings (SSSR count). The summed E-state index contributed by atoms with van der Waals surface area (Å²) < 4.78 is 39.7. The lowest BCUT2D eigenvalue weighted by atomic mass is 10.0. The number of hydrogen-bond donors (Lipinski definition) is 1. The Bertz CT molecular complexity index is 607. The van der Waals surface area contributed by atoms with Crippen LogP contribution in [0.1, 0.15) is 30.9 Å². The summed E-state index contributed by atoms with van der Waals surface area (Å²) in [5, 5.41) is 11.5. The van der Waals surface area contributed by atoms with Gasteiger partial charge < -0.3 is 10.2 Å². The van der Waals surface area contributed by atoms with Crippen LogP contribution in [-0.2, 0) is 11.0 Å². The van der Waals surface area contributed by atoms with E-state index in [0.29, 0.717) is 19.5 Å². The second-order valence-corrected chi connectivity index (χ2v) is 5.33. The van der Waals surface area contributed by atoms with E-state index in [2.05, 4.69) is 5.32 Å². The van der Waals surface area contributed by atoms with Gasteiger partial charge in [0.2, 0.25) is 5.91 Å². The van der Waals surface area contributed by atoms with Crippen LogP contribution in [0.4, 0.5) is 18.9 Å². The normalized spacial score (nSPS) is 18.7. The molecular formula is C15H16F3N3O. The van der Waals surface area contributed by atoms with E-state index in [9.17, 15) is 18.0 Å². The van der Waals surface area contributed by atoms with Gasteiger partial charge in [-0.1, -0.05) is 0 Å².